The summed E-state index contributed by atoms with van der Waals surface area (Å²) in [6, 6.07) is 0. The van der Waals surface area contributed by atoms with Gasteiger partial charge in [-0.3, -0.25) is 9.36 Å². The molecule has 8 nitrogen and oxygen atoms in total. The third-order valence-electron chi connectivity index (χ3n) is 6.37. The van der Waals surface area contributed by atoms with Gasteiger partial charge in [0.2, 0.25) is 0 Å². The van der Waals surface area contributed by atoms with Gasteiger partial charge in [-0.15, -0.1) is 0 Å². The zero-order valence-electron chi connectivity index (χ0n) is 28.3. The molecule has 0 bridgehead atoms. The fraction of sp³-hybridized carbons (Fsp3) is 0.686. The first-order chi connectivity index (χ1) is 21.1. The van der Waals surface area contributed by atoms with E-state index in [1.807, 2.05) is 27.2 Å². The molecule has 0 heterocycles. The molecule has 2 atom stereocenters. The van der Waals surface area contributed by atoms with E-state index in [-0.39, 0.29) is 26.2 Å². The first-order valence-corrected chi connectivity index (χ1v) is 18.0. The van der Waals surface area contributed by atoms with Crippen LogP contribution >= 0.6 is 7.82 Å². The van der Waals surface area contributed by atoms with Crippen molar-refractivity contribution in [1.29, 1.82) is 0 Å². The number of hydrogen-bond acceptors (Lipinski definition) is 7. The molecular weight excluding hydrogens is 577 g/mol. The Kier molecular flexibility index (Phi) is 27.5. The van der Waals surface area contributed by atoms with Crippen LogP contribution in [0.5, 0.6) is 0 Å². The summed E-state index contributed by atoms with van der Waals surface area (Å²) in [6.07, 6.45) is 32.7. The van der Waals surface area contributed by atoms with Crippen molar-refractivity contribution in [2.75, 3.05) is 54.1 Å². The van der Waals surface area contributed by atoms with Crippen molar-refractivity contribution in [3.8, 4) is 0 Å². The highest BCUT2D eigenvalue weighted by atomic mass is 31.2. The van der Waals surface area contributed by atoms with Gasteiger partial charge in [0.15, 0.2) is 0 Å². The number of carbonyl (C=O) groups excluding carboxylic acids is 1. The number of hydrogen-bond donors (Lipinski definition) is 0. The molecule has 0 aliphatic rings. The Morgan fingerprint density at radius 2 is 1.23 bits per heavy atom. The molecule has 0 fully saturated rings. The summed E-state index contributed by atoms with van der Waals surface area (Å²) in [7, 11) is 1.29. The number of esters is 1. The molecule has 9 heteroatoms. The third kappa shape index (κ3) is 31.6. The quantitative estimate of drug-likeness (QED) is 0.0269. The average molecular weight is 640 g/mol. The van der Waals surface area contributed by atoms with E-state index in [1.54, 1.807) is 6.08 Å². The van der Waals surface area contributed by atoms with Gasteiger partial charge in [0.1, 0.15) is 19.3 Å². The minimum atomic E-state index is -4.53. The molecule has 0 spiro atoms. The Morgan fingerprint density at radius 1 is 0.705 bits per heavy atom. The molecule has 0 rings (SSSR count). The smallest absolute Gasteiger partial charge is 0.310 e. The van der Waals surface area contributed by atoms with Crippen molar-refractivity contribution in [2.24, 2.45) is 0 Å². The van der Waals surface area contributed by atoms with Gasteiger partial charge in [-0.1, -0.05) is 113 Å². The molecule has 0 aromatic carbocycles. The number of quaternary nitrogens is 1. The Morgan fingerprint density at radius 3 is 1.77 bits per heavy atom. The second-order valence-electron chi connectivity index (χ2n) is 11.8. The number of unbranched alkanes of at least 4 members (excludes halogenated alkanes) is 6. The van der Waals surface area contributed by atoms with Crippen LogP contribution in [-0.4, -0.2) is 70.7 Å². The highest BCUT2D eigenvalue weighted by Gasteiger charge is 2.20. The number of phosphoric ester groups is 1. The zero-order valence-corrected chi connectivity index (χ0v) is 29.2. The average Bonchev–Trinajstić information content (AvgIpc) is 2.96. The summed E-state index contributed by atoms with van der Waals surface area (Å²) in [4.78, 5) is 24.7. The zero-order chi connectivity index (χ0) is 32.8. The summed E-state index contributed by atoms with van der Waals surface area (Å²) in [5.41, 5.74) is 0. The number of carbonyl (C=O) groups is 1. The summed E-state index contributed by atoms with van der Waals surface area (Å²) in [6.45, 7) is 5.08. The monoisotopic (exact) mass is 639 g/mol. The van der Waals surface area contributed by atoms with Crippen molar-refractivity contribution in [3.63, 3.8) is 0 Å². The maximum atomic E-state index is 12.5. The fourth-order valence-electron chi connectivity index (χ4n) is 3.79. The van der Waals surface area contributed by atoms with Gasteiger partial charge in [0.25, 0.3) is 7.82 Å². The van der Waals surface area contributed by atoms with Gasteiger partial charge in [0.05, 0.1) is 40.8 Å². The summed E-state index contributed by atoms with van der Waals surface area (Å²) < 4.78 is 34.0. The fourth-order valence-corrected chi connectivity index (χ4v) is 4.52. The lowest BCUT2D eigenvalue weighted by atomic mass is 10.1. The van der Waals surface area contributed by atoms with Crippen LogP contribution < -0.4 is 4.89 Å². The predicted molar refractivity (Wildman–Crippen MR) is 180 cm³/mol. The van der Waals surface area contributed by atoms with Gasteiger partial charge in [-0.05, 0) is 38.5 Å². The first-order valence-electron chi connectivity index (χ1n) is 16.5. The number of allylic oxidation sites excluding steroid dienone is 9. The minimum absolute atomic E-state index is 0.00750. The van der Waals surface area contributed by atoms with E-state index in [2.05, 4.69) is 62.5 Å². The third-order valence-corrected chi connectivity index (χ3v) is 7.33. The second kappa shape index (κ2) is 28.7. The number of likely N-dealkylation sites (N-methyl/N-ethyl adjacent to an activating group) is 1. The lowest BCUT2D eigenvalue weighted by Gasteiger charge is -2.28. The molecule has 0 N–H and O–H groups in total. The first kappa shape index (κ1) is 42.2. The van der Waals surface area contributed by atoms with Crippen molar-refractivity contribution in [1.82, 2.24) is 0 Å². The Hall–Kier alpha value is -1.80. The van der Waals surface area contributed by atoms with Crippen LogP contribution in [0, 0.1) is 0 Å². The van der Waals surface area contributed by atoms with E-state index < -0.39 is 19.9 Å². The van der Waals surface area contributed by atoms with Crippen molar-refractivity contribution >= 4 is 13.8 Å². The molecule has 0 amide bonds. The molecule has 2 unspecified atom stereocenters. The highest BCUT2D eigenvalue weighted by molar-refractivity contribution is 7.45. The van der Waals surface area contributed by atoms with Crippen LogP contribution in [0.1, 0.15) is 97.3 Å². The number of ether oxygens (including phenoxy) is 2. The van der Waals surface area contributed by atoms with Crippen LogP contribution in [0.2, 0.25) is 0 Å². The number of phosphoric acid groups is 1. The van der Waals surface area contributed by atoms with Crippen molar-refractivity contribution < 1.29 is 37.3 Å². The maximum Gasteiger partial charge on any atom is 0.310 e. The van der Waals surface area contributed by atoms with Crippen LogP contribution in [0.25, 0.3) is 0 Å². The molecule has 0 aliphatic heterocycles. The molecule has 254 valence electrons. The molecule has 44 heavy (non-hydrogen) atoms. The largest absolute Gasteiger partial charge is 0.756 e. The predicted octanol–water partition coefficient (Wildman–Crippen LogP) is 8.01. The van der Waals surface area contributed by atoms with E-state index in [1.165, 1.54) is 32.1 Å². The standard InChI is InChI=1S/C35H62NO7P/c1-6-8-10-12-14-15-16-17-18-19-20-21-22-24-26-28-35(37)43-34(32-40-30-27-25-23-13-11-9-7-2)33-42-44(38,39)41-31-29-36(3,4)5/h8,10,14-15,17-18,20-21,24,26,34H,6-7,9,11-13,16,19,22-23,25,27-33H2,1-5H3/b10-8-,15-14-,18-17-,21-20-,26-24-. The maximum absolute atomic E-state index is 12.5. The molecule has 0 saturated carbocycles. The summed E-state index contributed by atoms with van der Waals surface area (Å²) in [5, 5.41) is 0. The SMILES string of the molecule is CC/C=C\C/C=C\C/C=C\C/C=C\C/C=C\CC(=O)OC(COCCCCCCCCC)COP(=O)([O-])OCC[N+](C)(C)C. The molecule has 0 saturated heterocycles. The summed E-state index contributed by atoms with van der Waals surface area (Å²) in [5.74, 6) is -0.466. The van der Waals surface area contributed by atoms with Crippen LogP contribution in [0.3, 0.4) is 0 Å². The van der Waals surface area contributed by atoms with Crippen LogP contribution in [0.4, 0.5) is 0 Å². The Balaban J connectivity index is 4.52. The van der Waals surface area contributed by atoms with E-state index in [0.29, 0.717) is 24.1 Å². The molecule has 0 aromatic rings. The normalized spacial score (nSPS) is 15.0. The van der Waals surface area contributed by atoms with Crippen LogP contribution in [-0.2, 0) is 27.9 Å². The molecule has 0 aromatic heterocycles. The molecule has 0 aliphatic carbocycles. The van der Waals surface area contributed by atoms with Gasteiger partial charge >= 0.3 is 5.97 Å². The van der Waals surface area contributed by atoms with Crippen molar-refractivity contribution in [3.05, 3.63) is 60.8 Å². The molecule has 0 radical (unpaired) electrons. The summed E-state index contributed by atoms with van der Waals surface area (Å²) >= 11 is 0. The highest BCUT2D eigenvalue weighted by Crippen LogP contribution is 2.38. The van der Waals surface area contributed by atoms with Crippen molar-refractivity contribution in [2.45, 2.75) is 103 Å². The topological polar surface area (TPSA) is 94.1 Å². The van der Waals surface area contributed by atoms with E-state index in [4.69, 9.17) is 18.5 Å². The molecular formula is C35H62NO7P. The Labute approximate surface area is 269 Å². The minimum Gasteiger partial charge on any atom is -0.756 e. The van der Waals surface area contributed by atoms with Gasteiger partial charge in [0, 0.05) is 6.61 Å². The van der Waals surface area contributed by atoms with Crippen LogP contribution in [0.15, 0.2) is 60.8 Å². The Bertz CT molecular complexity index is 890. The van der Waals surface area contributed by atoms with E-state index in [0.717, 1.165) is 38.5 Å². The van der Waals surface area contributed by atoms with E-state index >= 15 is 0 Å². The number of nitrogens with zero attached hydrogens (tertiary/aromatic N) is 1. The number of rotatable bonds is 29. The van der Waals surface area contributed by atoms with Gasteiger partial charge < -0.3 is 27.9 Å². The lowest BCUT2D eigenvalue weighted by molar-refractivity contribution is -0.870. The second-order valence-corrected chi connectivity index (χ2v) is 13.2. The van der Waals surface area contributed by atoms with Gasteiger partial charge in [-0.25, -0.2) is 0 Å². The lowest BCUT2D eigenvalue weighted by Crippen LogP contribution is -2.37. The van der Waals surface area contributed by atoms with Gasteiger partial charge in [-0.2, -0.15) is 0 Å². The van der Waals surface area contributed by atoms with E-state index in [9.17, 15) is 14.3 Å².